The first-order chi connectivity index (χ1) is 10.1. The van der Waals surface area contributed by atoms with Crippen molar-refractivity contribution in [3.63, 3.8) is 0 Å². The Morgan fingerprint density at radius 3 is 2.59 bits per heavy atom. The summed E-state index contributed by atoms with van der Waals surface area (Å²) in [6.07, 6.45) is 4.76. The fraction of sp³-hybridized carbons (Fsp3) is 0.588. The molecular formula is C17H27ClN2O2. The van der Waals surface area contributed by atoms with Crippen molar-refractivity contribution in [3.8, 4) is 5.75 Å². The Balaban J connectivity index is 0.00000242. The van der Waals surface area contributed by atoms with Crippen molar-refractivity contribution in [3.05, 3.63) is 29.8 Å². The summed E-state index contributed by atoms with van der Waals surface area (Å²) in [7, 11) is 1.66. The van der Waals surface area contributed by atoms with Crippen LogP contribution in [-0.4, -0.2) is 25.1 Å². The second kappa shape index (κ2) is 8.39. The van der Waals surface area contributed by atoms with Crippen molar-refractivity contribution in [2.75, 3.05) is 13.7 Å². The molecule has 1 amide bonds. The van der Waals surface area contributed by atoms with Gasteiger partial charge in [0.05, 0.1) is 12.6 Å². The van der Waals surface area contributed by atoms with Crippen molar-refractivity contribution < 1.29 is 9.53 Å². The van der Waals surface area contributed by atoms with Crippen molar-refractivity contribution in [2.45, 2.75) is 50.5 Å². The van der Waals surface area contributed by atoms with Gasteiger partial charge in [-0.3, -0.25) is 4.79 Å². The lowest BCUT2D eigenvalue weighted by atomic mass is 9.94. The number of para-hydroxylation sites is 1. The molecule has 1 aliphatic rings. The Bertz CT molecular complexity index is 487. The van der Waals surface area contributed by atoms with Crippen LogP contribution in [0.3, 0.4) is 0 Å². The van der Waals surface area contributed by atoms with E-state index < -0.39 is 0 Å². The summed E-state index contributed by atoms with van der Waals surface area (Å²) in [4.78, 5) is 12.3. The van der Waals surface area contributed by atoms with Gasteiger partial charge in [-0.25, -0.2) is 0 Å². The molecule has 0 heterocycles. The molecule has 2 rings (SSSR count). The summed E-state index contributed by atoms with van der Waals surface area (Å²) in [5, 5.41) is 3.18. The predicted molar refractivity (Wildman–Crippen MR) is 91.7 cm³/mol. The summed E-state index contributed by atoms with van der Waals surface area (Å²) < 4.78 is 5.37. The molecule has 124 valence electrons. The number of nitrogens with two attached hydrogens (primary N) is 1. The van der Waals surface area contributed by atoms with Gasteiger partial charge in [-0.05, 0) is 30.4 Å². The largest absolute Gasteiger partial charge is 0.496 e. The lowest BCUT2D eigenvalue weighted by Gasteiger charge is -2.29. The van der Waals surface area contributed by atoms with Gasteiger partial charge in [-0.2, -0.15) is 0 Å². The van der Waals surface area contributed by atoms with Crippen LogP contribution in [0, 0.1) is 0 Å². The van der Waals surface area contributed by atoms with E-state index in [1.54, 1.807) is 7.11 Å². The van der Waals surface area contributed by atoms with Gasteiger partial charge < -0.3 is 15.8 Å². The second-order valence-corrected chi connectivity index (χ2v) is 6.09. The van der Waals surface area contributed by atoms with Gasteiger partial charge in [0.2, 0.25) is 5.91 Å². The summed E-state index contributed by atoms with van der Waals surface area (Å²) in [5.74, 6) is 1.05. The molecular weight excluding hydrogens is 300 g/mol. The molecule has 0 saturated heterocycles. The molecule has 1 aromatic carbocycles. The Hall–Kier alpha value is -1.26. The minimum atomic E-state index is -0.169. The SMILES string of the molecule is COc1ccccc1C(C)CC(=O)NC1(CN)CCCC1.Cl. The molecule has 0 spiro atoms. The normalized spacial score (nSPS) is 17.4. The van der Waals surface area contributed by atoms with Crippen LogP contribution in [-0.2, 0) is 4.79 Å². The van der Waals surface area contributed by atoms with Crippen LogP contribution in [0.1, 0.15) is 50.5 Å². The highest BCUT2D eigenvalue weighted by molar-refractivity contribution is 5.85. The molecule has 1 saturated carbocycles. The maximum atomic E-state index is 12.3. The first-order valence-corrected chi connectivity index (χ1v) is 7.74. The van der Waals surface area contributed by atoms with E-state index in [0.29, 0.717) is 13.0 Å². The van der Waals surface area contributed by atoms with Gasteiger partial charge in [0.25, 0.3) is 0 Å². The van der Waals surface area contributed by atoms with Crippen molar-refractivity contribution >= 4 is 18.3 Å². The van der Waals surface area contributed by atoms with E-state index in [2.05, 4.69) is 12.2 Å². The van der Waals surface area contributed by atoms with Crippen molar-refractivity contribution in [1.82, 2.24) is 5.32 Å². The molecule has 4 nitrogen and oxygen atoms in total. The number of rotatable bonds is 6. The number of nitrogens with one attached hydrogen (secondary N) is 1. The number of halogens is 1. The topological polar surface area (TPSA) is 64.3 Å². The highest BCUT2D eigenvalue weighted by atomic mass is 35.5. The van der Waals surface area contributed by atoms with E-state index in [-0.39, 0.29) is 29.8 Å². The molecule has 0 aliphatic heterocycles. The molecule has 3 N–H and O–H groups in total. The Morgan fingerprint density at radius 2 is 2.00 bits per heavy atom. The van der Waals surface area contributed by atoms with Crippen molar-refractivity contribution in [1.29, 1.82) is 0 Å². The van der Waals surface area contributed by atoms with E-state index >= 15 is 0 Å². The van der Waals surface area contributed by atoms with Gasteiger partial charge in [-0.1, -0.05) is 38.0 Å². The maximum Gasteiger partial charge on any atom is 0.221 e. The molecule has 5 heteroatoms. The summed E-state index contributed by atoms with van der Waals surface area (Å²) >= 11 is 0. The highest BCUT2D eigenvalue weighted by Gasteiger charge is 2.34. The summed E-state index contributed by atoms with van der Waals surface area (Å²) in [6.45, 7) is 2.59. The first kappa shape index (κ1) is 18.8. The minimum Gasteiger partial charge on any atom is -0.496 e. The van der Waals surface area contributed by atoms with Crippen molar-refractivity contribution in [2.24, 2.45) is 5.73 Å². The third kappa shape index (κ3) is 4.37. The zero-order valence-electron chi connectivity index (χ0n) is 13.4. The van der Waals surface area contributed by atoms with Crippen LogP contribution in [0.25, 0.3) is 0 Å². The van der Waals surface area contributed by atoms with E-state index in [4.69, 9.17) is 10.5 Å². The van der Waals surface area contributed by atoms with Gasteiger partial charge in [0, 0.05) is 13.0 Å². The van der Waals surface area contributed by atoms with Crippen LogP contribution < -0.4 is 15.8 Å². The molecule has 0 bridgehead atoms. The summed E-state index contributed by atoms with van der Waals surface area (Å²) in [5.41, 5.74) is 6.77. The number of hydrogen-bond donors (Lipinski definition) is 2. The van der Waals surface area contributed by atoms with Gasteiger partial charge >= 0.3 is 0 Å². The van der Waals surface area contributed by atoms with Crippen LogP contribution in [0.2, 0.25) is 0 Å². The highest BCUT2D eigenvalue weighted by Crippen LogP contribution is 2.31. The number of carbonyl (C=O) groups is 1. The van der Waals surface area contributed by atoms with Gasteiger partial charge in [-0.15, -0.1) is 12.4 Å². The van der Waals surface area contributed by atoms with E-state index in [0.717, 1.165) is 37.0 Å². The lowest BCUT2D eigenvalue weighted by Crippen LogP contribution is -2.51. The molecule has 1 aliphatic carbocycles. The Kier molecular flexibility index (Phi) is 7.17. The Labute approximate surface area is 139 Å². The van der Waals surface area contributed by atoms with Crippen LogP contribution >= 0.6 is 12.4 Å². The fourth-order valence-corrected chi connectivity index (χ4v) is 3.24. The number of amides is 1. The number of carbonyl (C=O) groups excluding carboxylic acids is 1. The van der Waals surface area contributed by atoms with Gasteiger partial charge in [0.1, 0.15) is 5.75 Å². The fourth-order valence-electron chi connectivity index (χ4n) is 3.24. The number of hydrogen-bond acceptors (Lipinski definition) is 3. The third-order valence-corrected chi connectivity index (χ3v) is 4.52. The molecule has 1 unspecified atom stereocenters. The zero-order valence-corrected chi connectivity index (χ0v) is 14.2. The second-order valence-electron chi connectivity index (χ2n) is 6.09. The average molecular weight is 327 g/mol. The van der Waals surface area contributed by atoms with Crippen LogP contribution in [0.4, 0.5) is 0 Å². The molecule has 1 fully saturated rings. The molecule has 0 radical (unpaired) electrons. The quantitative estimate of drug-likeness (QED) is 0.844. The lowest BCUT2D eigenvalue weighted by molar-refractivity contribution is -0.123. The third-order valence-electron chi connectivity index (χ3n) is 4.52. The van der Waals surface area contributed by atoms with E-state index in [1.165, 1.54) is 0 Å². The summed E-state index contributed by atoms with van der Waals surface area (Å²) in [6, 6.07) is 7.87. The number of benzene rings is 1. The van der Waals surface area contributed by atoms with E-state index in [9.17, 15) is 4.79 Å². The molecule has 1 aromatic rings. The van der Waals surface area contributed by atoms with Gasteiger partial charge in [0.15, 0.2) is 0 Å². The first-order valence-electron chi connectivity index (χ1n) is 7.74. The number of methoxy groups -OCH3 is 1. The standard InChI is InChI=1S/C17H26N2O2.ClH/c1-13(14-7-3-4-8-15(14)21-2)11-16(20)19-17(12-18)9-5-6-10-17;/h3-4,7-8,13H,5-6,9-12,18H2,1-2H3,(H,19,20);1H. The van der Waals surface area contributed by atoms with E-state index in [1.807, 2.05) is 24.3 Å². The maximum absolute atomic E-state index is 12.3. The zero-order chi connectivity index (χ0) is 15.3. The monoisotopic (exact) mass is 326 g/mol. The average Bonchev–Trinajstić information content (AvgIpc) is 2.96. The van der Waals surface area contributed by atoms with Crippen LogP contribution in [0.15, 0.2) is 24.3 Å². The number of ether oxygens (including phenoxy) is 1. The molecule has 0 aromatic heterocycles. The van der Waals surface area contributed by atoms with Crippen LogP contribution in [0.5, 0.6) is 5.75 Å². The Morgan fingerprint density at radius 1 is 1.36 bits per heavy atom. The molecule has 1 atom stereocenters. The predicted octanol–water partition coefficient (Wildman–Crippen LogP) is 3.00. The minimum absolute atomic E-state index is 0. The molecule has 22 heavy (non-hydrogen) atoms. The smallest absolute Gasteiger partial charge is 0.221 e.